The zero-order valence-electron chi connectivity index (χ0n) is 21.3. The lowest BCUT2D eigenvalue weighted by molar-refractivity contribution is 0.193. The van der Waals surface area contributed by atoms with Crippen molar-refractivity contribution in [2.24, 2.45) is 0 Å². The van der Waals surface area contributed by atoms with Crippen molar-refractivity contribution >= 4 is 17.0 Å². The third-order valence-corrected chi connectivity index (χ3v) is 6.08. The number of carbonyl (C=O) groups is 1. The number of nitrogens with zero attached hydrogens (tertiary/aromatic N) is 3. The third kappa shape index (κ3) is 5.86. The molecule has 0 spiro atoms. The molecule has 0 radical (unpaired) electrons. The van der Waals surface area contributed by atoms with Gasteiger partial charge in [0, 0.05) is 25.7 Å². The van der Waals surface area contributed by atoms with Gasteiger partial charge in [0.25, 0.3) is 0 Å². The van der Waals surface area contributed by atoms with Crippen LogP contribution in [-0.2, 0) is 18.5 Å². The number of hydrogen-bond acceptors (Lipinski definition) is 5. The van der Waals surface area contributed by atoms with E-state index in [2.05, 4.69) is 79.3 Å². The van der Waals surface area contributed by atoms with Gasteiger partial charge in [-0.2, -0.15) is 4.68 Å². The summed E-state index contributed by atoms with van der Waals surface area (Å²) in [7, 11) is 1.50. The van der Waals surface area contributed by atoms with Crippen molar-refractivity contribution in [3.63, 3.8) is 0 Å². The van der Waals surface area contributed by atoms with Crippen LogP contribution >= 0.6 is 0 Å². The maximum absolute atomic E-state index is 11.9. The second-order valence-electron chi connectivity index (χ2n) is 9.85. The second kappa shape index (κ2) is 10.8. The molecule has 1 aromatic heterocycles. The van der Waals surface area contributed by atoms with Gasteiger partial charge in [0.1, 0.15) is 12.4 Å². The normalized spacial score (nSPS) is 11.7. The lowest BCUT2D eigenvalue weighted by atomic mass is 9.84. The van der Waals surface area contributed by atoms with Crippen molar-refractivity contribution in [2.75, 3.05) is 20.3 Å². The van der Waals surface area contributed by atoms with E-state index in [9.17, 15) is 9.90 Å². The first-order chi connectivity index (χ1) is 17.3. The summed E-state index contributed by atoms with van der Waals surface area (Å²) < 4.78 is 12.6. The highest BCUT2D eigenvalue weighted by Crippen LogP contribution is 2.38. The molecule has 4 aromatic rings. The van der Waals surface area contributed by atoms with Gasteiger partial charge in [-0.3, -0.25) is 4.90 Å². The van der Waals surface area contributed by atoms with Crippen LogP contribution in [-0.4, -0.2) is 46.1 Å². The predicted molar refractivity (Wildman–Crippen MR) is 141 cm³/mol. The van der Waals surface area contributed by atoms with Gasteiger partial charge in [-0.25, -0.2) is 4.79 Å². The average Bonchev–Trinajstić information content (AvgIpc) is 3.23. The van der Waals surface area contributed by atoms with Gasteiger partial charge < -0.3 is 14.6 Å². The SMILES string of the molecule is COc1nn(C(=O)O)c2cc(OCCN(Cc3ccccc3)Cc3ccccc3)cc(C(C)(C)C)c12. The van der Waals surface area contributed by atoms with Crippen molar-refractivity contribution in [1.82, 2.24) is 14.7 Å². The highest BCUT2D eigenvalue weighted by atomic mass is 16.5. The number of benzene rings is 3. The van der Waals surface area contributed by atoms with Gasteiger partial charge >= 0.3 is 6.09 Å². The monoisotopic (exact) mass is 487 g/mol. The van der Waals surface area contributed by atoms with Gasteiger partial charge in [0.05, 0.1) is 18.0 Å². The molecule has 0 fully saturated rings. The maximum atomic E-state index is 11.9. The van der Waals surface area contributed by atoms with Crippen molar-refractivity contribution in [3.05, 3.63) is 89.5 Å². The number of ether oxygens (including phenoxy) is 2. The van der Waals surface area contributed by atoms with Crippen molar-refractivity contribution in [2.45, 2.75) is 39.3 Å². The fraction of sp³-hybridized carbons (Fsp3) is 0.310. The van der Waals surface area contributed by atoms with Crippen LogP contribution in [0.4, 0.5) is 4.79 Å². The lowest BCUT2D eigenvalue weighted by Crippen LogP contribution is -2.28. The van der Waals surface area contributed by atoms with Crippen LogP contribution < -0.4 is 9.47 Å². The van der Waals surface area contributed by atoms with Gasteiger partial charge in [0.15, 0.2) is 0 Å². The molecule has 188 valence electrons. The number of rotatable bonds is 9. The highest BCUT2D eigenvalue weighted by molar-refractivity contribution is 5.95. The van der Waals surface area contributed by atoms with E-state index in [1.807, 2.05) is 18.2 Å². The molecule has 7 nitrogen and oxygen atoms in total. The zero-order chi connectivity index (χ0) is 25.7. The molecular weight excluding hydrogens is 454 g/mol. The minimum atomic E-state index is -1.17. The van der Waals surface area contributed by atoms with Crippen LogP contribution in [0, 0.1) is 0 Å². The number of methoxy groups -OCH3 is 1. The smallest absolute Gasteiger partial charge is 0.432 e. The third-order valence-electron chi connectivity index (χ3n) is 6.08. The van der Waals surface area contributed by atoms with Crippen molar-refractivity contribution in [1.29, 1.82) is 0 Å². The Morgan fingerprint density at radius 3 is 2.06 bits per heavy atom. The van der Waals surface area contributed by atoms with E-state index in [0.717, 1.165) is 23.3 Å². The van der Waals surface area contributed by atoms with E-state index in [1.165, 1.54) is 18.2 Å². The molecule has 0 bridgehead atoms. The Bertz CT molecular complexity index is 1270. The Kier molecular flexibility index (Phi) is 7.60. The molecule has 1 heterocycles. The van der Waals surface area contributed by atoms with Crippen molar-refractivity contribution < 1.29 is 19.4 Å². The quantitative estimate of drug-likeness (QED) is 0.314. The summed E-state index contributed by atoms with van der Waals surface area (Å²) in [5, 5.41) is 14.5. The molecule has 7 heteroatoms. The molecule has 3 aromatic carbocycles. The molecule has 0 amide bonds. The molecule has 0 atom stereocenters. The first kappa shape index (κ1) is 25.3. The number of hydrogen-bond donors (Lipinski definition) is 1. The summed E-state index contributed by atoms with van der Waals surface area (Å²) >= 11 is 0. The Morgan fingerprint density at radius 2 is 1.56 bits per heavy atom. The van der Waals surface area contributed by atoms with Gasteiger partial charge in [0.2, 0.25) is 5.88 Å². The summed E-state index contributed by atoms with van der Waals surface area (Å²) in [5.41, 5.74) is 3.57. The van der Waals surface area contributed by atoms with Crippen LogP contribution in [0.2, 0.25) is 0 Å². The Morgan fingerprint density at radius 1 is 0.972 bits per heavy atom. The van der Waals surface area contributed by atoms with E-state index < -0.39 is 6.09 Å². The average molecular weight is 488 g/mol. The summed E-state index contributed by atoms with van der Waals surface area (Å²) in [6, 6.07) is 24.5. The van der Waals surface area contributed by atoms with E-state index in [0.29, 0.717) is 35.7 Å². The number of carboxylic acid groups (broad SMARTS) is 1. The van der Waals surface area contributed by atoms with Gasteiger partial charge in [-0.15, -0.1) is 5.10 Å². The second-order valence-corrected chi connectivity index (χ2v) is 9.85. The topological polar surface area (TPSA) is 76.8 Å². The van der Waals surface area contributed by atoms with Crippen molar-refractivity contribution in [3.8, 4) is 11.6 Å². The first-order valence-electron chi connectivity index (χ1n) is 12.0. The minimum Gasteiger partial charge on any atom is -0.492 e. The van der Waals surface area contributed by atoms with Crippen LogP contribution in [0.15, 0.2) is 72.8 Å². The Balaban J connectivity index is 1.58. The zero-order valence-corrected chi connectivity index (χ0v) is 21.3. The summed E-state index contributed by atoms with van der Waals surface area (Å²) in [4.78, 5) is 14.2. The van der Waals surface area contributed by atoms with Crippen LogP contribution in [0.5, 0.6) is 11.6 Å². The summed E-state index contributed by atoms with van der Waals surface area (Å²) in [5.74, 6) is 0.901. The number of aromatic nitrogens is 2. The lowest BCUT2D eigenvalue weighted by Gasteiger charge is -2.24. The largest absolute Gasteiger partial charge is 0.492 e. The standard InChI is InChI=1S/C29H33N3O4/c1-29(2,3)24-17-23(18-25-26(24)27(35-4)30-32(25)28(33)34)36-16-15-31(19-21-11-7-5-8-12-21)20-22-13-9-6-10-14-22/h5-14,17-18H,15-16,19-20H2,1-4H3,(H,33,34). The minimum absolute atomic E-state index is 0.274. The molecule has 0 aliphatic heterocycles. The molecule has 36 heavy (non-hydrogen) atoms. The van der Waals surface area contributed by atoms with Crippen LogP contribution in [0.3, 0.4) is 0 Å². The molecule has 0 aliphatic rings. The molecule has 0 saturated heterocycles. The summed E-state index contributed by atoms with van der Waals surface area (Å²) in [6.07, 6.45) is -1.17. The Hall–Kier alpha value is -3.84. The molecule has 0 saturated carbocycles. The highest BCUT2D eigenvalue weighted by Gasteiger charge is 2.26. The van der Waals surface area contributed by atoms with Gasteiger partial charge in [-0.05, 0) is 28.2 Å². The fourth-order valence-electron chi connectivity index (χ4n) is 4.34. The molecular formula is C29H33N3O4. The van der Waals surface area contributed by atoms with Crippen LogP contribution in [0.1, 0.15) is 37.5 Å². The molecule has 0 unspecified atom stereocenters. The van der Waals surface area contributed by atoms with E-state index >= 15 is 0 Å². The van der Waals surface area contributed by atoms with E-state index in [1.54, 1.807) is 6.07 Å². The Labute approximate surface area is 211 Å². The maximum Gasteiger partial charge on any atom is 0.432 e. The molecule has 4 rings (SSSR count). The fourth-order valence-corrected chi connectivity index (χ4v) is 4.34. The summed E-state index contributed by atoms with van der Waals surface area (Å²) in [6.45, 7) is 8.98. The first-order valence-corrected chi connectivity index (χ1v) is 12.0. The van der Waals surface area contributed by atoms with E-state index in [-0.39, 0.29) is 5.41 Å². The molecule has 0 aliphatic carbocycles. The van der Waals surface area contributed by atoms with Crippen LogP contribution in [0.25, 0.3) is 10.9 Å². The predicted octanol–water partition coefficient (Wildman–Crippen LogP) is 5.95. The molecule has 1 N–H and O–H groups in total. The number of fused-ring (bicyclic) bond motifs is 1. The van der Waals surface area contributed by atoms with E-state index in [4.69, 9.17) is 9.47 Å². The van der Waals surface area contributed by atoms with Gasteiger partial charge in [-0.1, -0.05) is 81.4 Å².